The van der Waals surface area contributed by atoms with E-state index in [1.165, 1.54) is 9.80 Å². The summed E-state index contributed by atoms with van der Waals surface area (Å²) in [4.78, 5) is 39.8. The molecule has 0 saturated carbocycles. The van der Waals surface area contributed by atoms with Gasteiger partial charge in [0.1, 0.15) is 0 Å². The number of rotatable bonds is 6. The summed E-state index contributed by atoms with van der Waals surface area (Å²) in [6, 6.07) is 12.8. The highest BCUT2D eigenvalue weighted by molar-refractivity contribution is 5.98. The van der Waals surface area contributed by atoms with Gasteiger partial charge in [-0.15, -0.1) is 0 Å². The Morgan fingerprint density at radius 2 is 1.43 bits per heavy atom. The van der Waals surface area contributed by atoms with Crippen LogP contribution in [0.1, 0.15) is 27.0 Å². The van der Waals surface area contributed by atoms with Gasteiger partial charge in [0.2, 0.25) is 11.8 Å². The van der Waals surface area contributed by atoms with E-state index in [2.05, 4.69) is 5.32 Å². The van der Waals surface area contributed by atoms with Crippen LogP contribution in [-0.2, 0) is 9.59 Å². The second kappa shape index (κ2) is 9.17. The molecular weight excluding hydrogens is 354 g/mol. The molecule has 0 radical (unpaired) electrons. The Morgan fingerprint density at radius 3 is 2.00 bits per heavy atom. The van der Waals surface area contributed by atoms with Crippen LogP contribution in [0.15, 0.2) is 42.5 Å². The molecule has 0 aliphatic rings. The van der Waals surface area contributed by atoms with E-state index in [4.69, 9.17) is 0 Å². The van der Waals surface area contributed by atoms with E-state index in [0.29, 0.717) is 5.56 Å². The zero-order valence-corrected chi connectivity index (χ0v) is 17.1. The highest BCUT2D eigenvalue weighted by Crippen LogP contribution is 2.21. The number of carbonyl (C=O) groups is 3. The number of nitrogens with one attached hydrogen (secondary N) is 1. The Hall–Kier alpha value is -3.15. The lowest BCUT2D eigenvalue weighted by atomic mass is 10.1. The molecule has 0 bridgehead atoms. The molecule has 0 saturated heterocycles. The van der Waals surface area contributed by atoms with Gasteiger partial charge in [-0.2, -0.15) is 0 Å². The maximum absolute atomic E-state index is 12.4. The molecule has 6 heteroatoms. The predicted octanol–water partition coefficient (Wildman–Crippen LogP) is 2.78. The van der Waals surface area contributed by atoms with E-state index in [9.17, 15) is 14.4 Å². The van der Waals surface area contributed by atoms with E-state index < -0.39 is 0 Å². The molecule has 2 aromatic rings. The van der Waals surface area contributed by atoms with Crippen LogP contribution in [0.3, 0.4) is 0 Å². The van der Waals surface area contributed by atoms with Crippen molar-refractivity contribution in [2.75, 3.05) is 32.5 Å². The first-order chi connectivity index (χ1) is 13.2. The first kappa shape index (κ1) is 21.2. The average Bonchev–Trinajstić information content (AvgIpc) is 2.64. The van der Waals surface area contributed by atoms with Crippen LogP contribution in [0.5, 0.6) is 0 Å². The molecular formula is C22H27N3O3. The van der Waals surface area contributed by atoms with Crippen molar-refractivity contribution in [1.82, 2.24) is 9.80 Å². The van der Waals surface area contributed by atoms with E-state index in [1.807, 2.05) is 39.0 Å². The lowest BCUT2D eigenvalue weighted by Crippen LogP contribution is -2.42. The SMILES string of the molecule is Cc1cc(C)c(NC(=O)CN(C)C(=O)CN(C)C(=O)c2ccccc2)c(C)c1. The fourth-order valence-electron chi connectivity index (χ4n) is 3.06. The van der Waals surface area contributed by atoms with Gasteiger partial charge in [0, 0.05) is 25.3 Å². The van der Waals surface area contributed by atoms with Gasteiger partial charge in [-0.1, -0.05) is 35.9 Å². The molecule has 0 unspecified atom stereocenters. The standard InChI is InChI=1S/C22H27N3O3/c1-15-11-16(2)21(17(3)12-15)23-19(26)13-24(4)20(27)14-25(5)22(28)18-9-7-6-8-10-18/h6-12H,13-14H2,1-5H3,(H,23,26). The van der Waals surface area contributed by atoms with Gasteiger partial charge in [-0.3, -0.25) is 14.4 Å². The first-order valence-electron chi connectivity index (χ1n) is 9.11. The van der Waals surface area contributed by atoms with Crippen molar-refractivity contribution < 1.29 is 14.4 Å². The third-order valence-corrected chi connectivity index (χ3v) is 4.49. The molecule has 0 aliphatic heterocycles. The Kier molecular flexibility index (Phi) is 6.93. The van der Waals surface area contributed by atoms with Gasteiger partial charge < -0.3 is 15.1 Å². The summed E-state index contributed by atoms with van der Waals surface area (Å²) in [6.07, 6.45) is 0. The smallest absolute Gasteiger partial charge is 0.254 e. The summed E-state index contributed by atoms with van der Waals surface area (Å²) in [5.74, 6) is -0.820. The molecule has 0 atom stereocenters. The van der Waals surface area contributed by atoms with Gasteiger partial charge in [-0.25, -0.2) is 0 Å². The zero-order valence-electron chi connectivity index (χ0n) is 17.1. The number of anilines is 1. The lowest BCUT2D eigenvalue weighted by molar-refractivity contribution is -0.133. The molecule has 0 aromatic heterocycles. The highest BCUT2D eigenvalue weighted by atomic mass is 16.2. The number of nitrogens with zero attached hydrogens (tertiary/aromatic N) is 2. The fourth-order valence-corrected chi connectivity index (χ4v) is 3.06. The van der Waals surface area contributed by atoms with Crippen LogP contribution in [0.2, 0.25) is 0 Å². The molecule has 0 heterocycles. The van der Waals surface area contributed by atoms with E-state index in [1.54, 1.807) is 38.4 Å². The number of benzene rings is 2. The Bertz CT molecular complexity index is 855. The second-order valence-electron chi connectivity index (χ2n) is 7.10. The summed E-state index contributed by atoms with van der Waals surface area (Å²) >= 11 is 0. The monoisotopic (exact) mass is 381 g/mol. The van der Waals surface area contributed by atoms with E-state index in [0.717, 1.165) is 22.4 Å². The Morgan fingerprint density at radius 1 is 0.857 bits per heavy atom. The molecule has 2 rings (SSSR count). The van der Waals surface area contributed by atoms with Crippen molar-refractivity contribution in [3.63, 3.8) is 0 Å². The van der Waals surface area contributed by atoms with E-state index >= 15 is 0 Å². The molecule has 0 aliphatic carbocycles. The molecule has 3 amide bonds. The van der Waals surface area contributed by atoms with Crippen molar-refractivity contribution in [2.45, 2.75) is 20.8 Å². The second-order valence-corrected chi connectivity index (χ2v) is 7.10. The van der Waals surface area contributed by atoms with Crippen LogP contribution in [0.25, 0.3) is 0 Å². The van der Waals surface area contributed by atoms with Crippen LogP contribution >= 0.6 is 0 Å². The first-order valence-corrected chi connectivity index (χ1v) is 9.11. The highest BCUT2D eigenvalue weighted by Gasteiger charge is 2.19. The molecule has 6 nitrogen and oxygen atoms in total. The van der Waals surface area contributed by atoms with Crippen LogP contribution < -0.4 is 5.32 Å². The van der Waals surface area contributed by atoms with Gasteiger partial charge in [0.05, 0.1) is 13.1 Å². The number of likely N-dealkylation sites (N-methyl/N-ethyl adjacent to an activating group) is 2. The minimum atomic E-state index is -0.306. The minimum Gasteiger partial charge on any atom is -0.335 e. The number of hydrogen-bond donors (Lipinski definition) is 1. The van der Waals surface area contributed by atoms with Crippen molar-refractivity contribution in [3.05, 3.63) is 64.7 Å². The van der Waals surface area contributed by atoms with Gasteiger partial charge in [0.15, 0.2) is 0 Å². The Labute approximate surface area is 166 Å². The van der Waals surface area contributed by atoms with Crippen LogP contribution in [0.4, 0.5) is 5.69 Å². The molecule has 28 heavy (non-hydrogen) atoms. The molecule has 0 fully saturated rings. The van der Waals surface area contributed by atoms with Crippen molar-refractivity contribution in [3.8, 4) is 0 Å². The number of aryl methyl sites for hydroxylation is 3. The van der Waals surface area contributed by atoms with Crippen LogP contribution in [-0.4, -0.2) is 54.7 Å². The quantitative estimate of drug-likeness (QED) is 0.836. The average molecular weight is 381 g/mol. The topological polar surface area (TPSA) is 69.7 Å². The summed E-state index contributed by atoms with van der Waals surface area (Å²) < 4.78 is 0. The molecule has 148 valence electrons. The summed E-state index contributed by atoms with van der Waals surface area (Å²) in [5, 5.41) is 2.88. The fraction of sp³-hybridized carbons (Fsp3) is 0.318. The summed E-state index contributed by atoms with van der Waals surface area (Å²) in [5.41, 5.74) is 4.38. The third-order valence-electron chi connectivity index (χ3n) is 4.49. The van der Waals surface area contributed by atoms with Crippen LogP contribution in [0, 0.1) is 20.8 Å². The summed E-state index contributed by atoms with van der Waals surface area (Å²) in [6.45, 7) is 5.70. The maximum Gasteiger partial charge on any atom is 0.254 e. The molecule has 2 aromatic carbocycles. The number of carbonyl (C=O) groups excluding carboxylic acids is 3. The minimum absolute atomic E-state index is 0.0844. The van der Waals surface area contributed by atoms with Gasteiger partial charge >= 0.3 is 0 Å². The molecule has 1 N–H and O–H groups in total. The third kappa shape index (κ3) is 5.42. The normalized spacial score (nSPS) is 10.3. The van der Waals surface area contributed by atoms with Crippen molar-refractivity contribution in [2.24, 2.45) is 0 Å². The van der Waals surface area contributed by atoms with Crippen molar-refractivity contribution >= 4 is 23.4 Å². The predicted molar refractivity (Wildman–Crippen MR) is 110 cm³/mol. The maximum atomic E-state index is 12.4. The van der Waals surface area contributed by atoms with Gasteiger partial charge in [0.25, 0.3) is 5.91 Å². The zero-order chi connectivity index (χ0) is 20.8. The van der Waals surface area contributed by atoms with E-state index in [-0.39, 0.29) is 30.8 Å². The molecule has 0 spiro atoms. The van der Waals surface area contributed by atoms with Crippen molar-refractivity contribution in [1.29, 1.82) is 0 Å². The van der Waals surface area contributed by atoms with Gasteiger partial charge in [-0.05, 0) is 44.0 Å². The number of hydrogen-bond acceptors (Lipinski definition) is 3. The largest absolute Gasteiger partial charge is 0.335 e. The number of amides is 3. The Balaban J connectivity index is 1.93. The lowest BCUT2D eigenvalue weighted by Gasteiger charge is -2.22. The summed E-state index contributed by atoms with van der Waals surface area (Å²) in [7, 11) is 3.12.